The number of amides is 2. The van der Waals surface area contributed by atoms with E-state index in [0.29, 0.717) is 23.4 Å². The van der Waals surface area contributed by atoms with Crippen LogP contribution in [0.25, 0.3) is 0 Å². The SMILES string of the molecule is COc1c(C(=O)NCc2ccc(C)cc2)ccc2c1C(=O)N(C)C(c1ccccn1)N2. The molecule has 31 heavy (non-hydrogen) atoms. The normalized spacial score (nSPS) is 15.1. The summed E-state index contributed by atoms with van der Waals surface area (Å²) in [4.78, 5) is 32.0. The van der Waals surface area contributed by atoms with Gasteiger partial charge in [-0.1, -0.05) is 35.9 Å². The quantitative estimate of drug-likeness (QED) is 0.665. The number of carbonyl (C=O) groups excluding carboxylic acids is 2. The maximum absolute atomic E-state index is 13.2. The van der Waals surface area contributed by atoms with Gasteiger partial charge >= 0.3 is 0 Å². The maximum Gasteiger partial charge on any atom is 0.261 e. The number of aromatic nitrogens is 1. The van der Waals surface area contributed by atoms with Crippen LogP contribution in [0, 0.1) is 6.92 Å². The van der Waals surface area contributed by atoms with Crippen molar-refractivity contribution in [1.29, 1.82) is 0 Å². The summed E-state index contributed by atoms with van der Waals surface area (Å²) in [5.74, 6) is -0.292. The predicted octanol–water partition coefficient (Wildman–Crippen LogP) is 3.52. The molecule has 7 heteroatoms. The zero-order chi connectivity index (χ0) is 22.0. The number of benzene rings is 2. The molecule has 0 bridgehead atoms. The number of hydrogen-bond donors (Lipinski definition) is 2. The van der Waals surface area contributed by atoms with Crippen LogP contribution < -0.4 is 15.4 Å². The van der Waals surface area contributed by atoms with Crippen LogP contribution in [0.2, 0.25) is 0 Å². The Bertz CT molecular complexity index is 1110. The van der Waals surface area contributed by atoms with Crippen molar-refractivity contribution < 1.29 is 14.3 Å². The van der Waals surface area contributed by atoms with Crippen molar-refractivity contribution in [3.63, 3.8) is 0 Å². The predicted molar refractivity (Wildman–Crippen MR) is 118 cm³/mol. The second kappa shape index (κ2) is 8.47. The first-order chi connectivity index (χ1) is 15.0. The van der Waals surface area contributed by atoms with E-state index < -0.39 is 6.17 Å². The third-order valence-electron chi connectivity index (χ3n) is 5.36. The van der Waals surface area contributed by atoms with Gasteiger partial charge in [0.2, 0.25) is 0 Å². The molecule has 4 rings (SSSR count). The highest BCUT2D eigenvalue weighted by Crippen LogP contribution is 2.38. The van der Waals surface area contributed by atoms with Crippen molar-refractivity contribution in [2.24, 2.45) is 0 Å². The Kier molecular flexibility index (Phi) is 5.58. The van der Waals surface area contributed by atoms with Gasteiger partial charge in [0.1, 0.15) is 17.5 Å². The molecule has 3 aromatic rings. The van der Waals surface area contributed by atoms with Gasteiger partial charge in [0.15, 0.2) is 0 Å². The number of hydrogen-bond acceptors (Lipinski definition) is 5. The molecule has 1 atom stereocenters. The van der Waals surface area contributed by atoms with Crippen LogP contribution in [0.1, 0.15) is 43.7 Å². The van der Waals surface area contributed by atoms with E-state index in [4.69, 9.17) is 4.74 Å². The zero-order valence-electron chi connectivity index (χ0n) is 17.7. The molecular weight excluding hydrogens is 392 g/mol. The lowest BCUT2D eigenvalue weighted by Crippen LogP contribution is -2.41. The van der Waals surface area contributed by atoms with Gasteiger partial charge in [-0.2, -0.15) is 0 Å². The third-order valence-corrected chi connectivity index (χ3v) is 5.36. The van der Waals surface area contributed by atoms with Gasteiger partial charge in [-0.05, 0) is 36.8 Å². The average molecular weight is 416 g/mol. The van der Waals surface area contributed by atoms with Crippen molar-refractivity contribution >= 4 is 17.5 Å². The highest BCUT2D eigenvalue weighted by atomic mass is 16.5. The summed E-state index contributed by atoms with van der Waals surface area (Å²) in [6.45, 7) is 2.40. The van der Waals surface area contributed by atoms with Crippen molar-refractivity contribution in [3.05, 3.63) is 88.7 Å². The van der Waals surface area contributed by atoms with Gasteiger partial charge in [0, 0.05) is 19.8 Å². The molecule has 2 N–H and O–H groups in total. The van der Waals surface area contributed by atoms with Gasteiger partial charge < -0.3 is 20.3 Å². The van der Waals surface area contributed by atoms with E-state index in [1.165, 1.54) is 7.11 Å². The summed E-state index contributed by atoms with van der Waals surface area (Å²) in [6, 6.07) is 16.9. The molecule has 158 valence electrons. The van der Waals surface area contributed by atoms with Crippen LogP contribution in [0.15, 0.2) is 60.8 Å². The molecule has 0 radical (unpaired) electrons. The molecule has 0 aliphatic carbocycles. The van der Waals surface area contributed by atoms with Gasteiger partial charge in [-0.3, -0.25) is 14.6 Å². The van der Waals surface area contributed by atoms with Crippen LogP contribution in [0.4, 0.5) is 5.69 Å². The number of aryl methyl sites for hydroxylation is 1. The Balaban J connectivity index is 1.62. The highest BCUT2D eigenvalue weighted by Gasteiger charge is 2.35. The Morgan fingerprint density at radius 2 is 1.94 bits per heavy atom. The standard InChI is InChI=1S/C24H24N4O3/c1-15-7-9-16(10-8-15)14-26-23(29)17-11-12-18-20(21(17)31-3)24(30)28(2)22(27-18)19-6-4-5-13-25-19/h4-13,22,27H,14H2,1-3H3,(H,26,29). The largest absolute Gasteiger partial charge is 0.495 e. The number of nitrogens with one attached hydrogen (secondary N) is 2. The third kappa shape index (κ3) is 3.94. The topological polar surface area (TPSA) is 83.6 Å². The number of rotatable bonds is 5. The monoisotopic (exact) mass is 416 g/mol. The molecule has 0 saturated carbocycles. The van der Waals surface area contributed by atoms with E-state index in [1.807, 2.05) is 49.4 Å². The maximum atomic E-state index is 13.2. The number of methoxy groups -OCH3 is 1. The summed E-state index contributed by atoms with van der Waals surface area (Å²) in [5.41, 5.74) is 4.12. The van der Waals surface area contributed by atoms with Gasteiger partial charge in [-0.15, -0.1) is 0 Å². The van der Waals surface area contributed by atoms with E-state index in [1.54, 1.807) is 30.3 Å². The second-order valence-corrected chi connectivity index (χ2v) is 7.45. The van der Waals surface area contributed by atoms with Crippen LogP contribution in [0.5, 0.6) is 5.75 Å². The van der Waals surface area contributed by atoms with E-state index in [9.17, 15) is 9.59 Å². The number of ether oxygens (including phenoxy) is 1. The van der Waals surface area contributed by atoms with E-state index in [-0.39, 0.29) is 17.6 Å². The molecule has 2 amide bonds. The van der Waals surface area contributed by atoms with E-state index in [2.05, 4.69) is 15.6 Å². The molecule has 2 heterocycles. The minimum absolute atomic E-state index is 0.241. The fourth-order valence-corrected chi connectivity index (χ4v) is 3.64. The molecule has 1 aliphatic rings. The number of fused-ring (bicyclic) bond motifs is 1. The zero-order valence-corrected chi connectivity index (χ0v) is 17.7. The molecule has 1 aliphatic heterocycles. The number of pyridine rings is 1. The smallest absolute Gasteiger partial charge is 0.261 e. The summed E-state index contributed by atoms with van der Waals surface area (Å²) in [7, 11) is 3.16. The van der Waals surface area contributed by atoms with E-state index >= 15 is 0 Å². The summed E-state index contributed by atoms with van der Waals surface area (Å²) < 4.78 is 5.53. The lowest BCUT2D eigenvalue weighted by atomic mass is 10.0. The van der Waals surface area contributed by atoms with Crippen molar-refractivity contribution in [1.82, 2.24) is 15.2 Å². The Morgan fingerprint density at radius 3 is 2.61 bits per heavy atom. The van der Waals surface area contributed by atoms with Crippen molar-refractivity contribution in [2.75, 3.05) is 19.5 Å². The van der Waals surface area contributed by atoms with Gasteiger partial charge in [0.25, 0.3) is 11.8 Å². The summed E-state index contributed by atoms with van der Waals surface area (Å²) in [6.07, 6.45) is 1.28. The van der Waals surface area contributed by atoms with Crippen LogP contribution >= 0.6 is 0 Å². The molecular formula is C24H24N4O3. The molecule has 0 fully saturated rings. The minimum Gasteiger partial charge on any atom is -0.495 e. The molecule has 0 saturated heterocycles. The molecule has 1 aromatic heterocycles. The molecule has 0 spiro atoms. The number of carbonyl (C=O) groups is 2. The Hall–Kier alpha value is -3.87. The van der Waals surface area contributed by atoms with Gasteiger partial charge in [-0.25, -0.2) is 0 Å². The first-order valence-electron chi connectivity index (χ1n) is 9.99. The molecule has 1 unspecified atom stereocenters. The highest BCUT2D eigenvalue weighted by molar-refractivity contribution is 6.09. The van der Waals surface area contributed by atoms with E-state index in [0.717, 1.165) is 16.8 Å². The Labute approximate surface area is 181 Å². The first kappa shape index (κ1) is 20.4. The lowest BCUT2D eigenvalue weighted by molar-refractivity contribution is 0.0728. The van der Waals surface area contributed by atoms with Crippen LogP contribution in [-0.4, -0.2) is 35.9 Å². The van der Waals surface area contributed by atoms with Crippen molar-refractivity contribution in [3.8, 4) is 5.75 Å². The first-order valence-corrected chi connectivity index (χ1v) is 9.99. The average Bonchev–Trinajstić information content (AvgIpc) is 2.80. The van der Waals surface area contributed by atoms with Gasteiger partial charge in [0.05, 0.1) is 24.1 Å². The second-order valence-electron chi connectivity index (χ2n) is 7.45. The Morgan fingerprint density at radius 1 is 1.16 bits per heavy atom. The summed E-state index contributed by atoms with van der Waals surface area (Å²) >= 11 is 0. The number of anilines is 1. The van der Waals surface area contributed by atoms with Crippen LogP contribution in [0.3, 0.4) is 0 Å². The molecule has 2 aromatic carbocycles. The molecule has 7 nitrogen and oxygen atoms in total. The number of nitrogens with zero attached hydrogens (tertiary/aromatic N) is 2. The summed E-state index contributed by atoms with van der Waals surface area (Å²) in [5, 5.41) is 6.23. The fourth-order valence-electron chi connectivity index (χ4n) is 3.64. The fraction of sp³-hybridized carbons (Fsp3) is 0.208. The van der Waals surface area contributed by atoms with Crippen molar-refractivity contribution in [2.45, 2.75) is 19.6 Å². The lowest BCUT2D eigenvalue weighted by Gasteiger charge is -2.35. The minimum atomic E-state index is -0.410. The van der Waals surface area contributed by atoms with Crippen LogP contribution in [-0.2, 0) is 6.54 Å².